The average Bonchev–Trinajstić information content (AvgIpc) is 3.61. The predicted octanol–water partition coefficient (Wildman–Crippen LogP) is -0.691. The topological polar surface area (TPSA) is 220 Å². The Morgan fingerprint density at radius 3 is 2.90 bits per heavy atom. The first-order valence-corrected chi connectivity index (χ1v) is 14.4. The van der Waals surface area contributed by atoms with Crippen LogP contribution >= 0.6 is 34.9 Å². The maximum atomic E-state index is 13.2. The number of carboxylic acid groups (broad SMARTS) is 1. The third kappa shape index (κ3) is 6.72. The molecule has 4 rings (SSSR count). The SMILES string of the molecule is C=CCn1nnnc1SCC1=C(C(=O)O)N2C(=O)C(NC(=O)C(=NOCCOC=O)c3csc(NC=O)n3)[C@@H]2SC1. The normalized spacial score (nSPS) is 18.2. The first-order chi connectivity index (χ1) is 19.9. The Labute approximate surface area is 243 Å². The molecule has 216 valence electrons. The number of tetrazole rings is 1. The molecule has 1 saturated heterocycles. The van der Waals surface area contributed by atoms with Crippen molar-refractivity contribution >= 4 is 76.4 Å². The standard InChI is InChI=1S/C21H21N9O8S3/c1-2-3-29-21(25-27-28-29)41-7-11-6-39-18-14(17(34)30(18)15(11)19(35)36)24-16(33)13(26-38-5-4-37-10-32)12-8-40-20(23-12)22-9-31/h2,8-10,14,18H,1,3-7H2,(H,24,33)(H,35,36)(H,22,23,31)/t14?,18-/m0/s1. The fourth-order valence-corrected chi connectivity index (χ4v) is 6.67. The molecule has 2 aliphatic rings. The number of carbonyl (C=O) groups is 5. The monoisotopic (exact) mass is 623 g/mol. The van der Waals surface area contributed by atoms with Gasteiger partial charge in [0.15, 0.2) is 17.5 Å². The molecule has 0 aromatic carbocycles. The summed E-state index contributed by atoms with van der Waals surface area (Å²) in [4.78, 5) is 69.8. The molecule has 1 unspecified atom stereocenters. The lowest BCUT2D eigenvalue weighted by Crippen LogP contribution is -2.71. The number of carboxylic acids is 1. The van der Waals surface area contributed by atoms with Crippen LogP contribution in [0.5, 0.6) is 0 Å². The zero-order chi connectivity index (χ0) is 29.4. The lowest BCUT2D eigenvalue weighted by atomic mass is 10.0. The summed E-state index contributed by atoms with van der Waals surface area (Å²) in [5.41, 5.74) is 0.0934. The number of rotatable bonds is 16. The van der Waals surface area contributed by atoms with Gasteiger partial charge in [0.25, 0.3) is 18.3 Å². The molecular weight excluding hydrogens is 602 g/mol. The van der Waals surface area contributed by atoms with Gasteiger partial charge in [-0.3, -0.25) is 24.1 Å². The largest absolute Gasteiger partial charge is 0.477 e. The second-order valence-electron chi connectivity index (χ2n) is 7.88. The summed E-state index contributed by atoms with van der Waals surface area (Å²) in [5.74, 6) is -2.21. The number of nitrogens with one attached hydrogen (secondary N) is 2. The van der Waals surface area contributed by atoms with Crippen LogP contribution in [-0.2, 0) is 40.1 Å². The van der Waals surface area contributed by atoms with Gasteiger partial charge in [0.05, 0.1) is 6.54 Å². The summed E-state index contributed by atoms with van der Waals surface area (Å²) in [5, 5.41) is 31.5. The average molecular weight is 624 g/mol. The van der Waals surface area contributed by atoms with Crippen molar-refractivity contribution in [1.29, 1.82) is 0 Å². The highest BCUT2D eigenvalue weighted by atomic mass is 32.2. The summed E-state index contributed by atoms with van der Waals surface area (Å²) < 4.78 is 6.03. The third-order valence-corrected chi connectivity index (χ3v) is 8.53. The van der Waals surface area contributed by atoms with Crippen LogP contribution in [0.4, 0.5) is 5.13 Å². The Morgan fingerprint density at radius 1 is 1.34 bits per heavy atom. The molecule has 1 fully saturated rings. The van der Waals surface area contributed by atoms with E-state index < -0.39 is 29.2 Å². The molecule has 2 atom stereocenters. The van der Waals surface area contributed by atoms with Crippen LogP contribution in [0.3, 0.4) is 0 Å². The van der Waals surface area contributed by atoms with Gasteiger partial charge >= 0.3 is 5.97 Å². The Bertz CT molecular complexity index is 1410. The summed E-state index contributed by atoms with van der Waals surface area (Å²) in [6.45, 7) is 3.96. The van der Waals surface area contributed by atoms with Crippen molar-refractivity contribution < 1.29 is 38.7 Å². The second kappa shape index (κ2) is 13.9. The van der Waals surface area contributed by atoms with Gasteiger partial charge in [0.2, 0.25) is 11.6 Å². The number of amides is 3. The van der Waals surface area contributed by atoms with Crippen molar-refractivity contribution in [3.63, 3.8) is 0 Å². The number of hydrogen-bond donors (Lipinski definition) is 3. The van der Waals surface area contributed by atoms with Crippen LogP contribution in [0.1, 0.15) is 5.69 Å². The van der Waals surface area contributed by atoms with Crippen LogP contribution < -0.4 is 10.6 Å². The number of carbonyl (C=O) groups excluding carboxylic acids is 4. The van der Waals surface area contributed by atoms with E-state index in [9.17, 15) is 29.1 Å². The van der Waals surface area contributed by atoms with Crippen molar-refractivity contribution in [2.75, 3.05) is 30.0 Å². The molecule has 0 bridgehead atoms. The number of oxime groups is 1. The van der Waals surface area contributed by atoms with Crippen molar-refractivity contribution in [3.8, 4) is 0 Å². The van der Waals surface area contributed by atoms with E-state index in [2.05, 4.69) is 47.6 Å². The zero-order valence-corrected chi connectivity index (χ0v) is 23.3. The van der Waals surface area contributed by atoms with E-state index >= 15 is 0 Å². The number of thiazole rings is 1. The van der Waals surface area contributed by atoms with E-state index in [1.807, 2.05) is 0 Å². The third-order valence-electron chi connectivity index (χ3n) is 5.37. The molecule has 17 nitrogen and oxygen atoms in total. The number of allylic oxidation sites excluding steroid dienone is 1. The van der Waals surface area contributed by atoms with Crippen LogP contribution in [-0.4, -0.2) is 108 Å². The second-order valence-corrected chi connectivity index (χ2v) is 10.8. The Morgan fingerprint density at radius 2 is 2.17 bits per heavy atom. The van der Waals surface area contributed by atoms with E-state index in [-0.39, 0.29) is 53.4 Å². The summed E-state index contributed by atoms with van der Waals surface area (Å²) in [6, 6.07) is -1.05. The Balaban J connectivity index is 1.48. The molecule has 2 aromatic heterocycles. The highest BCUT2D eigenvalue weighted by Gasteiger charge is 2.54. The smallest absolute Gasteiger partial charge is 0.352 e. The Kier molecular flexibility index (Phi) is 10.0. The molecule has 4 heterocycles. The summed E-state index contributed by atoms with van der Waals surface area (Å²) in [6.07, 6.45) is 2.04. The van der Waals surface area contributed by atoms with Gasteiger partial charge in [-0.15, -0.1) is 34.8 Å². The lowest BCUT2D eigenvalue weighted by molar-refractivity contribution is -0.150. The van der Waals surface area contributed by atoms with Crippen molar-refractivity contribution in [3.05, 3.63) is 35.0 Å². The number of fused-ring (bicyclic) bond motifs is 1. The number of aliphatic carboxylic acids is 1. The van der Waals surface area contributed by atoms with Gasteiger partial charge in [0.1, 0.15) is 29.4 Å². The van der Waals surface area contributed by atoms with Crippen LogP contribution in [0, 0.1) is 0 Å². The number of aromatic nitrogens is 5. The molecule has 2 aliphatic heterocycles. The molecule has 3 N–H and O–H groups in total. The van der Waals surface area contributed by atoms with Gasteiger partial charge in [-0.2, -0.15) is 0 Å². The predicted molar refractivity (Wildman–Crippen MR) is 145 cm³/mol. The highest BCUT2D eigenvalue weighted by Crippen LogP contribution is 2.41. The molecule has 41 heavy (non-hydrogen) atoms. The number of thioether (sulfide) groups is 2. The van der Waals surface area contributed by atoms with Crippen molar-refractivity contribution in [1.82, 2.24) is 35.4 Å². The number of hydrogen-bond acceptors (Lipinski definition) is 15. The van der Waals surface area contributed by atoms with Crippen LogP contribution in [0.25, 0.3) is 0 Å². The minimum absolute atomic E-state index is 0.0531. The zero-order valence-electron chi connectivity index (χ0n) is 20.9. The molecule has 0 aliphatic carbocycles. The lowest BCUT2D eigenvalue weighted by Gasteiger charge is -2.49. The highest BCUT2D eigenvalue weighted by molar-refractivity contribution is 8.01. The number of anilines is 1. The maximum Gasteiger partial charge on any atom is 0.352 e. The first kappa shape index (κ1) is 29.7. The van der Waals surface area contributed by atoms with Crippen LogP contribution in [0.15, 0.2) is 39.6 Å². The van der Waals surface area contributed by atoms with Gasteiger partial charge in [0, 0.05) is 16.9 Å². The van der Waals surface area contributed by atoms with Crippen molar-refractivity contribution in [2.24, 2.45) is 5.16 Å². The van der Waals surface area contributed by atoms with E-state index in [1.54, 1.807) is 6.08 Å². The van der Waals surface area contributed by atoms with Gasteiger partial charge in [-0.05, 0) is 16.0 Å². The molecule has 0 saturated carbocycles. The minimum Gasteiger partial charge on any atom is -0.477 e. The molecule has 0 radical (unpaired) electrons. The van der Waals surface area contributed by atoms with Gasteiger partial charge in [-0.25, -0.2) is 14.5 Å². The fourth-order valence-electron chi connectivity index (χ4n) is 3.64. The quantitative estimate of drug-likeness (QED) is 0.0401. The number of nitrogens with zero attached hydrogens (tertiary/aromatic N) is 7. The minimum atomic E-state index is -1.28. The fraction of sp³-hybridized carbons (Fsp3) is 0.333. The summed E-state index contributed by atoms with van der Waals surface area (Å²) >= 11 is 3.54. The van der Waals surface area contributed by atoms with E-state index in [1.165, 1.54) is 33.6 Å². The Hall–Kier alpha value is -4.30. The van der Waals surface area contributed by atoms with Crippen LogP contribution in [0.2, 0.25) is 0 Å². The van der Waals surface area contributed by atoms with Gasteiger partial charge in [-0.1, -0.05) is 23.0 Å². The van der Waals surface area contributed by atoms with Gasteiger partial charge < -0.3 is 25.3 Å². The molecule has 0 spiro atoms. The van der Waals surface area contributed by atoms with E-state index in [0.717, 1.165) is 16.2 Å². The summed E-state index contributed by atoms with van der Waals surface area (Å²) in [7, 11) is 0. The van der Waals surface area contributed by atoms with Crippen molar-refractivity contribution in [2.45, 2.75) is 23.1 Å². The van der Waals surface area contributed by atoms with E-state index in [0.29, 0.717) is 23.7 Å². The molecule has 3 amide bonds. The molecule has 2 aromatic rings. The molecule has 20 heteroatoms. The number of β-lactam (4-membered cyclic amide) rings is 1. The maximum absolute atomic E-state index is 13.2. The number of ether oxygens (including phenoxy) is 1. The van der Waals surface area contributed by atoms with E-state index in [4.69, 9.17) is 4.84 Å². The molecular formula is C21H21N9O8S3. The first-order valence-electron chi connectivity index (χ1n) is 11.5.